The van der Waals surface area contributed by atoms with Gasteiger partial charge in [0, 0.05) is 24.0 Å². The van der Waals surface area contributed by atoms with E-state index in [-0.39, 0.29) is 16.6 Å². The number of ketones is 1. The number of rotatable bonds is 0. The summed E-state index contributed by atoms with van der Waals surface area (Å²) in [4.78, 5) is 12.1. The molecule has 6 atom stereocenters. The van der Waals surface area contributed by atoms with E-state index in [4.69, 9.17) is 5.73 Å². The first-order chi connectivity index (χ1) is 10.4. The number of hydrogen-bond acceptors (Lipinski definition) is 3. The minimum Gasteiger partial charge on any atom is -0.402 e. The highest BCUT2D eigenvalue weighted by Crippen LogP contribution is 2.63. The van der Waals surface area contributed by atoms with Gasteiger partial charge in [-0.25, -0.2) is 0 Å². The van der Waals surface area contributed by atoms with Crippen LogP contribution in [0.5, 0.6) is 0 Å². The first-order valence-corrected chi connectivity index (χ1v) is 8.71. The number of nitrogens with two attached hydrogens (primary N) is 1. The summed E-state index contributed by atoms with van der Waals surface area (Å²) in [5.41, 5.74) is 8.60. The predicted octanol–water partition coefficient (Wildman–Crippen LogP) is 2.94. The standard InChI is InChI=1S/C19H27NO2/c1-18-7-5-12(20)9-11(18)3-4-13-14(18)6-8-19(2)15(13)10-16(21)17(19)22/h3,5,13-15,17,22H,4,6-10,20H2,1-2H3/t13-,14-,15+,17?,18+,19+/m1/s1. The maximum absolute atomic E-state index is 12.1. The number of Topliss-reactive ketones (excluding diaryl/α,β-unsaturated/α-hetero) is 1. The van der Waals surface area contributed by atoms with Gasteiger partial charge in [-0.3, -0.25) is 4.79 Å². The highest BCUT2D eigenvalue weighted by molar-refractivity contribution is 5.86. The van der Waals surface area contributed by atoms with Gasteiger partial charge in [-0.1, -0.05) is 31.6 Å². The van der Waals surface area contributed by atoms with E-state index in [1.54, 1.807) is 0 Å². The molecule has 3 heteroatoms. The van der Waals surface area contributed by atoms with Crippen LogP contribution in [0.25, 0.3) is 0 Å². The molecule has 0 aromatic heterocycles. The molecular weight excluding hydrogens is 274 g/mol. The molecule has 120 valence electrons. The zero-order valence-electron chi connectivity index (χ0n) is 13.6. The molecule has 1 unspecified atom stereocenters. The fourth-order valence-electron chi connectivity index (χ4n) is 6.12. The molecule has 4 rings (SSSR count). The number of fused-ring (bicyclic) bond motifs is 5. The van der Waals surface area contributed by atoms with Crippen LogP contribution in [0.2, 0.25) is 0 Å². The number of aliphatic hydroxyl groups is 1. The first-order valence-electron chi connectivity index (χ1n) is 8.71. The molecule has 4 aliphatic carbocycles. The molecule has 0 aromatic carbocycles. The Morgan fingerprint density at radius 2 is 2.05 bits per heavy atom. The topological polar surface area (TPSA) is 63.3 Å². The lowest BCUT2D eigenvalue weighted by Gasteiger charge is -2.56. The third-order valence-corrected chi connectivity index (χ3v) is 7.60. The summed E-state index contributed by atoms with van der Waals surface area (Å²) in [6.07, 6.45) is 9.58. The molecule has 0 radical (unpaired) electrons. The summed E-state index contributed by atoms with van der Waals surface area (Å²) >= 11 is 0. The summed E-state index contributed by atoms with van der Waals surface area (Å²) in [7, 11) is 0. The molecule has 0 amide bonds. The molecule has 22 heavy (non-hydrogen) atoms. The number of carbonyl (C=O) groups is 1. The van der Waals surface area contributed by atoms with E-state index in [9.17, 15) is 9.90 Å². The molecule has 4 aliphatic rings. The van der Waals surface area contributed by atoms with E-state index in [1.165, 1.54) is 5.57 Å². The third kappa shape index (κ3) is 1.69. The van der Waals surface area contributed by atoms with E-state index >= 15 is 0 Å². The van der Waals surface area contributed by atoms with Crippen molar-refractivity contribution >= 4 is 5.78 Å². The quantitative estimate of drug-likeness (QED) is 0.676. The number of hydrogen-bond donors (Lipinski definition) is 2. The van der Waals surface area contributed by atoms with Gasteiger partial charge in [0.25, 0.3) is 0 Å². The largest absolute Gasteiger partial charge is 0.402 e. The SMILES string of the molecule is C[C@]12CC=C(N)CC1=CC[C@@H]1[C@H]2CC[C@]2(C)C(O)C(=O)C[C@@H]12. The molecule has 0 bridgehead atoms. The smallest absolute Gasteiger partial charge is 0.162 e. The Labute approximate surface area is 132 Å². The molecule has 0 aromatic rings. The van der Waals surface area contributed by atoms with Gasteiger partial charge < -0.3 is 10.8 Å². The molecule has 0 spiro atoms. The fraction of sp³-hybridized carbons (Fsp3) is 0.737. The van der Waals surface area contributed by atoms with Crippen molar-refractivity contribution < 1.29 is 9.90 Å². The first kappa shape index (κ1) is 14.5. The second-order valence-electron chi connectivity index (χ2n) is 8.54. The average molecular weight is 301 g/mol. The fourth-order valence-corrected chi connectivity index (χ4v) is 6.12. The van der Waals surface area contributed by atoms with E-state index in [0.29, 0.717) is 24.2 Å². The average Bonchev–Trinajstić information content (AvgIpc) is 2.72. The summed E-state index contributed by atoms with van der Waals surface area (Å²) in [5, 5.41) is 10.4. The van der Waals surface area contributed by atoms with Crippen LogP contribution < -0.4 is 5.73 Å². The number of allylic oxidation sites excluding steroid dienone is 3. The summed E-state index contributed by atoms with van der Waals surface area (Å²) < 4.78 is 0. The van der Waals surface area contributed by atoms with Crippen molar-refractivity contribution in [1.82, 2.24) is 0 Å². The second-order valence-corrected chi connectivity index (χ2v) is 8.54. The molecule has 2 saturated carbocycles. The Balaban J connectivity index is 1.71. The molecular formula is C19H27NO2. The molecule has 0 heterocycles. The van der Waals surface area contributed by atoms with E-state index in [0.717, 1.165) is 37.8 Å². The maximum atomic E-state index is 12.1. The van der Waals surface area contributed by atoms with Gasteiger partial charge in [0.1, 0.15) is 6.10 Å². The van der Waals surface area contributed by atoms with Crippen LogP contribution in [-0.4, -0.2) is 17.0 Å². The minimum absolute atomic E-state index is 0.0702. The third-order valence-electron chi connectivity index (χ3n) is 7.60. The monoisotopic (exact) mass is 301 g/mol. The normalized spacial score (nSPS) is 50.6. The van der Waals surface area contributed by atoms with Gasteiger partial charge in [0.15, 0.2) is 5.78 Å². The van der Waals surface area contributed by atoms with Crippen molar-refractivity contribution in [2.75, 3.05) is 0 Å². The lowest BCUT2D eigenvalue weighted by molar-refractivity contribution is -0.128. The van der Waals surface area contributed by atoms with E-state index < -0.39 is 6.10 Å². The Morgan fingerprint density at radius 3 is 2.82 bits per heavy atom. The van der Waals surface area contributed by atoms with Gasteiger partial charge in [-0.2, -0.15) is 0 Å². The van der Waals surface area contributed by atoms with Crippen molar-refractivity contribution in [3.05, 3.63) is 23.4 Å². The molecule has 0 saturated heterocycles. The van der Waals surface area contributed by atoms with Gasteiger partial charge >= 0.3 is 0 Å². The van der Waals surface area contributed by atoms with Crippen LogP contribution in [0.3, 0.4) is 0 Å². The van der Waals surface area contributed by atoms with Crippen molar-refractivity contribution in [3.8, 4) is 0 Å². The molecule has 3 nitrogen and oxygen atoms in total. The van der Waals surface area contributed by atoms with Crippen LogP contribution >= 0.6 is 0 Å². The minimum atomic E-state index is -0.737. The summed E-state index contributed by atoms with van der Waals surface area (Å²) in [6.45, 7) is 4.54. The predicted molar refractivity (Wildman–Crippen MR) is 85.8 cm³/mol. The van der Waals surface area contributed by atoms with Crippen molar-refractivity contribution in [1.29, 1.82) is 0 Å². The van der Waals surface area contributed by atoms with Crippen molar-refractivity contribution in [2.45, 2.75) is 58.5 Å². The number of carbonyl (C=O) groups excluding carboxylic acids is 1. The van der Waals surface area contributed by atoms with Gasteiger partial charge in [0.2, 0.25) is 0 Å². The van der Waals surface area contributed by atoms with Crippen molar-refractivity contribution in [2.24, 2.45) is 34.3 Å². The van der Waals surface area contributed by atoms with Gasteiger partial charge in [-0.15, -0.1) is 0 Å². The second kappa shape index (κ2) is 4.47. The summed E-state index contributed by atoms with van der Waals surface area (Å²) in [6, 6.07) is 0. The summed E-state index contributed by atoms with van der Waals surface area (Å²) in [5.74, 6) is 1.60. The van der Waals surface area contributed by atoms with Crippen LogP contribution in [0, 0.1) is 28.6 Å². The molecule has 2 fully saturated rings. The number of aliphatic hydroxyl groups excluding tert-OH is 1. The Morgan fingerprint density at radius 1 is 1.27 bits per heavy atom. The van der Waals surface area contributed by atoms with Gasteiger partial charge in [0.05, 0.1) is 0 Å². The van der Waals surface area contributed by atoms with Crippen LogP contribution in [-0.2, 0) is 4.79 Å². The zero-order valence-corrected chi connectivity index (χ0v) is 13.6. The highest BCUT2D eigenvalue weighted by Gasteiger charge is 2.60. The lowest BCUT2D eigenvalue weighted by atomic mass is 9.48. The van der Waals surface area contributed by atoms with Crippen LogP contribution in [0.4, 0.5) is 0 Å². The van der Waals surface area contributed by atoms with Crippen molar-refractivity contribution in [3.63, 3.8) is 0 Å². The Bertz CT molecular complexity index is 592. The highest BCUT2D eigenvalue weighted by atomic mass is 16.3. The molecule has 3 N–H and O–H groups in total. The Kier molecular flexibility index (Phi) is 2.95. The van der Waals surface area contributed by atoms with E-state index in [2.05, 4.69) is 26.0 Å². The maximum Gasteiger partial charge on any atom is 0.162 e. The van der Waals surface area contributed by atoms with Crippen LogP contribution in [0.1, 0.15) is 52.4 Å². The zero-order chi connectivity index (χ0) is 15.7. The Hall–Kier alpha value is -1.09. The lowest BCUT2D eigenvalue weighted by Crippen LogP contribution is -2.50. The molecule has 0 aliphatic heterocycles. The van der Waals surface area contributed by atoms with E-state index in [1.807, 2.05) is 0 Å². The van der Waals surface area contributed by atoms with Crippen LogP contribution in [0.15, 0.2) is 23.4 Å². The van der Waals surface area contributed by atoms with Gasteiger partial charge in [-0.05, 0) is 48.9 Å².